The molecule has 2 amide bonds. The van der Waals surface area contributed by atoms with Crippen molar-refractivity contribution in [3.05, 3.63) is 34.2 Å². The van der Waals surface area contributed by atoms with Gasteiger partial charge in [0.1, 0.15) is 20.8 Å². The molecule has 26 heavy (non-hydrogen) atoms. The lowest BCUT2D eigenvalue weighted by Crippen LogP contribution is -2.38. The van der Waals surface area contributed by atoms with E-state index < -0.39 is 15.9 Å². The van der Waals surface area contributed by atoms with Crippen molar-refractivity contribution >= 4 is 67.6 Å². The number of hydrogen-bond acceptors (Lipinski definition) is 8. The van der Waals surface area contributed by atoms with Crippen LogP contribution in [0.15, 0.2) is 39.1 Å². The zero-order valence-electron chi connectivity index (χ0n) is 13.9. The number of thiocarbonyl (C=S) groups is 1. The van der Waals surface area contributed by atoms with Gasteiger partial charge in [0.25, 0.3) is 11.8 Å². The maximum atomic E-state index is 12.7. The standard InChI is InChI=1S/C15H15N3O4S4/c1-3-17-13(20)12(25-15(17)23)14-18(8-11(19)16-26(2,21)22)9-6-4-5-7-10(9)24-14/h4-7H,3,8H2,1-2H3,(H,16,19)/b14-12-. The zero-order valence-corrected chi connectivity index (χ0v) is 17.2. The summed E-state index contributed by atoms with van der Waals surface area (Å²) in [5.74, 6) is -0.875. The molecule has 2 aliphatic rings. The molecule has 2 heterocycles. The van der Waals surface area contributed by atoms with Gasteiger partial charge >= 0.3 is 0 Å². The van der Waals surface area contributed by atoms with Crippen LogP contribution in [-0.2, 0) is 19.6 Å². The number of hydrogen-bond donors (Lipinski definition) is 1. The minimum absolute atomic E-state index is 0.202. The van der Waals surface area contributed by atoms with E-state index >= 15 is 0 Å². The number of nitrogens with zero attached hydrogens (tertiary/aromatic N) is 2. The third kappa shape index (κ3) is 3.75. The molecule has 1 aromatic rings. The summed E-state index contributed by atoms with van der Waals surface area (Å²) in [5.41, 5.74) is 0.748. The molecule has 138 valence electrons. The summed E-state index contributed by atoms with van der Waals surface area (Å²) in [6.07, 6.45) is 0.921. The molecule has 7 nitrogen and oxygen atoms in total. The van der Waals surface area contributed by atoms with Crippen LogP contribution in [0.5, 0.6) is 0 Å². The van der Waals surface area contributed by atoms with Crippen molar-refractivity contribution in [1.29, 1.82) is 0 Å². The van der Waals surface area contributed by atoms with Crippen molar-refractivity contribution in [3.63, 3.8) is 0 Å². The summed E-state index contributed by atoms with van der Waals surface area (Å²) in [7, 11) is -3.66. The first kappa shape index (κ1) is 19.2. The number of para-hydroxylation sites is 1. The van der Waals surface area contributed by atoms with Crippen LogP contribution in [0.3, 0.4) is 0 Å². The van der Waals surface area contributed by atoms with Gasteiger partial charge in [-0.15, -0.1) is 0 Å². The van der Waals surface area contributed by atoms with Gasteiger partial charge in [0.2, 0.25) is 10.0 Å². The van der Waals surface area contributed by atoms with Crippen molar-refractivity contribution in [3.8, 4) is 0 Å². The highest BCUT2D eigenvalue weighted by atomic mass is 32.2. The maximum absolute atomic E-state index is 12.7. The van der Waals surface area contributed by atoms with E-state index in [1.165, 1.54) is 28.4 Å². The molecule has 1 aromatic carbocycles. The molecule has 0 aromatic heterocycles. The van der Waals surface area contributed by atoms with E-state index in [9.17, 15) is 18.0 Å². The molecule has 0 spiro atoms. The Bertz CT molecular complexity index is 942. The van der Waals surface area contributed by atoms with E-state index in [1.807, 2.05) is 35.9 Å². The van der Waals surface area contributed by atoms with Crippen LogP contribution in [0.1, 0.15) is 6.92 Å². The van der Waals surface area contributed by atoms with Crippen molar-refractivity contribution in [2.45, 2.75) is 11.8 Å². The minimum Gasteiger partial charge on any atom is -0.324 e. The first-order valence-corrected chi connectivity index (χ1v) is 11.5. The molecule has 1 fully saturated rings. The number of anilines is 1. The average molecular weight is 430 g/mol. The highest BCUT2D eigenvalue weighted by molar-refractivity contribution is 8.27. The molecule has 0 radical (unpaired) electrons. The summed E-state index contributed by atoms with van der Waals surface area (Å²) < 4.78 is 25.1. The molecule has 0 atom stereocenters. The van der Waals surface area contributed by atoms with Crippen molar-refractivity contribution < 1.29 is 18.0 Å². The molecule has 0 saturated carbocycles. The summed E-state index contributed by atoms with van der Waals surface area (Å²) in [6.45, 7) is 2.09. The molecule has 0 unspecified atom stereocenters. The maximum Gasteiger partial charge on any atom is 0.268 e. The number of likely N-dealkylation sites (N-methyl/N-ethyl adjacent to an activating group) is 1. The summed E-state index contributed by atoms with van der Waals surface area (Å²) >= 11 is 7.82. The third-order valence-corrected chi connectivity index (χ3v) is 6.92. The van der Waals surface area contributed by atoms with Crippen LogP contribution in [-0.4, -0.2) is 48.8 Å². The Hall–Kier alpha value is -1.56. The van der Waals surface area contributed by atoms with E-state index in [4.69, 9.17) is 12.2 Å². The predicted octanol–water partition coefficient (Wildman–Crippen LogP) is 1.72. The van der Waals surface area contributed by atoms with Crippen molar-refractivity contribution in [2.24, 2.45) is 0 Å². The van der Waals surface area contributed by atoms with E-state index in [0.29, 0.717) is 20.8 Å². The second-order valence-electron chi connectivity index (χ2n) is 5.50. The Morgan fingerprint density at radius 1 is 1.23 bits per heavy atom. The summed E-state index contributed by atoms with van der Waals surface area (Å²) in [4.78, 5) is 29.3. The highest BCUT2D eigenvalue weighted by Crippen LogP contribution is 2.50. The van der Waals surface area contributed by atoms with Gasteiger partial charge in [-0.25, -0.2) is 8.42 Å². The first-order chi connectivity index (χ1) is 12.2. The molecule has 0 aliphatic carbocycles. The van der Waals surface area contributed by atoms with Crippen molar-refractivity contribution in [2.75, 3.05) is 24.2 Å². The van der Waals surface area contributed by atoms with Crippen LogP contribution >= 0.6 is 35.7 Å². The molecular weight excluding hydrogens is 414 g/mol. The van der Waals surface area contributed by atoms with Gasteiger partial charge in [-0.3, -0.25) is 19.2 Å². The summed E-state index contributed by atoms with van der Waals surface area (Å²) in [5, 5.41) is 0.586. The molecule has 1 N–H and O–H groups in total. The van der Waals surface area contributed by atoms with Crippen LogP contribution < -0.4 is 9.62 Å². The molecule has 3 rings (SSSR count). The number of carbonyl (C=O) groups excluding carboxylic acids is 2. The van der Waals surface area contributed by atoms with Crippen LogP contribution in [0, 0.1) is 0 Å². The van der Waals surface area contributed by atoms with Gasteiger partial charge in [-0.05, 0) is 19.1 Å². The zero-order chi connectivity index (χ0) is 19.1. The SMILES string of the molecule is CCN1C(=O)/C(=C2/Sc3ccccc3N2CC(=O)NS(C)(=O)=O)SC1=S. The lowest BCUT2D eigenvalue weighted by atomic mass is 10.3. The number of sulfonamides is 1. The van der Waals surface area contributed by atoms with Gasteiger partial charge in [0, 0.05) is 11.4 Å². The number of fused-ring (bicyclic) bond motifs is 1. The van der Waals surface area contributed by atoms with Gasteiger partial charge in [-0.1, -0.05) is 47.9 Å². The van der Waals surface area contributed by atoms with Gasteiger partial charge in [0.05, 0.1) is 11.9 Å². The second-order valence-corrected chi connectivity index (χ2v) is 9.93. The monoisotopic (exact) mass is 429 g/mol. The number of thioether (sulfide) groups is 2. The quantitative estimate of drug-likeness (QED) is 0.572. The smallest absolute Gasteiger partial charge is 0.268 e. The predicted molar refractivity (Wildman–Crippen MR) is 107 cm³/mol. The fraction of sp³-hybridized carbons (Fsp3) is 0.267. The van der Waals surface area contributed by atoms with Gasteiger partial charge < -0.3 is 4.90 Å². The van der Waals surface area contributed by atoms with Gasteiger partial charge in [-0.2, -0.15) is 0 Å². The average Bonchev–Trinajstić information content (AvgIpc) is 3.03. The Morgan fingerprint density at radius 3 is 2.54 bits per heavy atom. The number of carbonyl (C=O) groups is 2. The second kappa shape index (κ2) is 7.22. The molecular formula is C15H15N3O4S4. The molecule has 11 heteroatoms. The van der Waals surface area contributed by atoms with Crippen LogP contribution in [0.25, 0.3) is 0 Å². The Morgan fingerprint density at radius 2 is 1.92 bits per heavy atom. The lowest BCUT2D eigenvalue weighted by Gasteiger charge is -2.20. The van der Waals surface area contributed by atoms with Crippen molar-refractivity contribution in [1.82, 2.24) is 9.62 Å². The number of amides is 2. The Kier molecular flexibility index (Phi) is 5.33. The van der Waals surface area contributed by atoms with E-state index in [-0.39, 0.29) is 12.5 Å². The largest absolute Gasteiger partial charge is 0.324 e. The Balaban J connectivity index is 2.00. The van der Waals surface area contributed by atoms with E-state index in [1.54, 1.807) is 4.90 Å². The topological polar surface area (TPSA) is 86.8 Å². The first-order valence-electron chi connectivity index (χ1n) is 7.54. The van der Waals surface area contributed by atoms with E-state index in [0.717, 1.165) is 16.8 Å². The third-order valence-electron chi connectivity index (χ3n) is 3.57. The van der Waals surface area contributed by atoms with Crippen LogP contribution in [0.2, 0.25) is 0 Å². The molecule has 0 bridgehead atoms. The summed E-state index contributed by atoms with van der Waals surface area (Å²) in [6, 6.07) is 7.39. The minimum atomic E-state index is -3.66. The normalized spacial score (nSPS) is 19.9. The molecule has 1 saturated heterocycles. The fourth-order valence-corrected chi connectivity index (χ4v) is 5.72. The fourth-order valence-electron chi connectivity index (χ4n) is 2.54. The lowest BCUT2D eigenvalue weighted by molar-refractivity contribution is -0.122. The number of nitrogens with one attached hydrogen (secondary N) is 1. The highest BCUT2D eigenvalue weighted by Gasteiger charge is 2.39. The number of rotatable bonds is 4. The van der Waals surface area contributed by atoms with Gasteiger partial charge in [0.15, 0.2) is 0 Å². The molecule has 2 aliphatic heterocycles. The number of benzene rings is 1. The Labute approximate surface area is 165 Å². The van der Waals surface area contributed by atoms with E-state index in [2.05, 4.69) is 0 Å². The van der Waals surface area contributed by atoms with Crippen LogP contribution in [0.4, 0.5) is 5.69 Å².